The lowest BCUT2D eigenvalue weighted by molar-refractivity contribution is 0.220. The number of rotatable bonds is 1. The Morgan fingerprint density at radius 3 is 2.67 bits per heavy atom. The number of alkyl halides is 1. The van der Waals surface area contributed by atoms with Gasteiger partial charge in [0.2, 0.25) is 0 Å². The molecule has 0 unspecified atom stereocenters. The van der Waals surface area contributed by atoms with Gasteiger partial charge in [0.15, 0.2) is 5.69 Å². The number of halogens is 1. The molecule has 0 aliphatic carbocycles. The number of nitrogens with zero attached hydrogens (tertiary/aromatic N) is 3. The fraction of sp³-hybridized carbons (Fsp3) is 0.375. The number of hydrogen-bond acceptors (Lipinski definition) is 3. The largest absolute Gasteiger partial charge is 0.239 e. The monoisotopic (exact) mass is 165 g/mol. The Balaban J connectivity index is 3.26. The highest BCUT2D eigenvalue weighted by molar-refractivity contribution is 5.32. The molecule has 1 rings (SSSR count). The molecule has 0 aromatic carbocycles. The predicted molar refractivity (Wildman–Crippen MR) is 40.9 cm³/mol. The normalized spacial score (nSPS) is 10.8. The first-order valence-electron chi connectivity index (χ1n) is 3.47. The third kappa shape index (κ3) is 1.56. The molecule has 0 aliphatic rings. The molecule has 1 heterocycles. The molecule has 0 saturated heterocycles. The van der Waals surface area contributed by atoms with Crippen LogP contribution in [0.25, 0.3) is 0 Å². The van der Waals surface area contributed by atoms with E-state index in [0.717, 1.165) is 0 Å². The van der Waals surface area contributed by atoms with Crippen LogP contribution in [0.4, 0.5) is 4.39 Å². The fourth-order valence-corrected chi connectivity index (χ4v) is 0.894. The first kappa shape index (κ1) is 8.60. The molecule has 3 nitrogen and oxygen atoms in total. The van der Waals surface area contributed by atoms with E-state index in [-0.39, 0.29) is 11.3 Å². The van der Waals surface area contributed by atoms with Crippen molar-refractivity contribution >= 4 is 0 Å². The molecule has 0 atom stereocenters. The van der Waals surface area contributed by atoms with Gasteiger partial charge < -0.3 is 0 Å². The summed E-state index contributed by atoms with van der Waals surface area (Å²) in [4.78, 5) is 0. The van der Waals surface area contributed by atoms with Crippen LogP contribution in [0.1, 0.15) is 25.1 Å². The second-order valence-corrected chi connectivity index (χ2v) is 2.88. The summed E-state index contributed by atoms with van der Waals surface area (Å²) >= 11 is 0. The number of nitriles is 1. The Kier molecular flexibility index (Phi) is 2.05. The van der Waals surface area contributed by atoms with Crippen molar-refractivity contribution in [2.75, 3.05) is 0 Å². The van der Waals surface area contributed by atoms with Gasteiger partial charge in [-0.15, -0.1) is 5.10 Å². The second kappa shape index (κ2) is 2.86. The van der Waals surface area contributed by atoms with Gasteiger partial charge in [0.1, 0.15) is 11.7 Å². The summed E-state index contributed by atoms with van der Waals surface area (Å²) in [7, 11) is 0. The van der Waals surface area contributed by atoms with Crippen LogP contribution >= 0.6 is 0 Å². The number of aromatic nitrogens is 2. The van der Waals surface area contributed by atoms with Gasteiger partial charge in [0.05, 0.1) is 6.20 Å². The molecule has 0 amide bonds. The Morgan fingerprint density at radius 2 is 2.25 bits per heavy atom. The fourth-order valence-electron chi connectivity index (χ4n) is 0.894. The van der Waals surface area contributed by atoms with Crippen molar-refractivity contribution in [3.05, 3.63) is 23.5 Å². The van der Waals surface area contributed by atoms with Gasteiger partial charge in [-0.3, -0.25) is 0 Å². The van der Waals surface area contributed by atoms with Gasteiger partial charge in [0.25, 0.3) is 0 Å². The van der Waals surface area contributed by atoms with Gasteiger partial charge in [-0.2, -0.15) is 10.4 Å². The van der Waals surface area contributed by atoms with Gasteiger partial charge in [-0.05, 0) is 19.9 Å². The van der Waals surface area contributed by atoms with Crippen LogP contribution < -0.4 is 0 Å². The molecule has 0 bridgehead atoms. The molecule has 0 aliphatic heterocycles. The molecular weight excluding hydrogens is 157 g/mol. The van der Waals surface area contributed by atoms with E-state index < -0.39 is 5.67 Å². The first-order valence-corrected chi connectivity index (χ1v) is 3.47. The molecule has 1 aromatic heterocycles. The topological polar surface area (TPSA) is 49.6 Å². The van der Waals surface area contributed by atoms with Gasteiger partial charge in [-0.1, -0.05) is 0 Å². The molecule has 0 radical (unpaired) electrons. The van der Waals surface area contributed by atoms with Crippen LogP contribution in [-0.4, -0.2) is 10.2 Å². The lowest BCUT2D eigenvalue weighted by Crippen LogP contribution is -2.12. The highest BCUT2D eigenvalue weighted by atomic mass is 19.1. The van der Waals surface area contributed by atoms with Crippen molar-refractivity contribution in [2.24, 2.45) is 0 Å². The van der Waals surface area contributed by atoms with Gasteiger partial charge in [0, 0.05) is 5.56 Å². The predicted octanol–water partition coefficient (Wildman–Crippen LogP) is 1.55. The highest BCUT2D eigenvalue weighted by Gasteiger charge is 2.23. The standard InChI is InChI=1S/C8H8FN3/c1-8(2,9)6-3-4-11-12-7(6)5-10/h3-4H,1-2H3. The zero-order valence-electron chi connectivity index (χ0n) is 6.87. The van der Waals surface area contributed by atoms with Crippen LogP contribution in [0.15, 0.2) is 12.3 Å². The molecule has 1 aromatic rings. The Hall–Kier alpha value is -1.50. The SMILES string of the molecule is CC(C)(F)c1ccnnc1C#N. The maximum absolute atomic E-state index is 13.3. The Bertz CT molecular complexity index is 322. The minimum atomic E-state index is -1.54. The average molecular weight is 165 g/mol. The van der Waals surface area contributed by atoms with Crippen LogP contribution in [0.3, 0.4) is 0 Å². The molecule has 0 saturated carbocycles. The van der Waals surface area contributed by atoms with E-state index in [4.69, 9.17) is 5.26 Å². The van der Waals surface area contributed by atoms with Crippen molar-refractivity contribution in [3.8, 4) is 6.07 Å². The zero-order valence-corrected chi connectivity index (χ0v) is 6.87. The van der Waals surface area contributed by atoms with Crippen LogP contribution in [0.2, 0.25) is 0 Å². The van der Waals surface area contributed by atoms with Crippen molar-refractivity contribution in [2.45, 2.75) is 19.5 Å². The molecule has 0 fully saturated rings. The lowest BCUT2D eigenvalue weighted by atomic mass is 10.00. The van der Waals surface area contributed by atoms with E-state index in [9.17, 15) is 4.39 Å². The maximum Gasteiger partial charge on any atom is 0.169 e. The highest BCUT2D eigenvalue weighted by Crippen LogP contribution is 2.25. The van der Waals surface area contributed by atoms with Crippen molar-refractivity contribution < 1.29 is 4.39 Å². The third-order valence-electron chi connectivity index (χ3n) is 1.47. The summed E-state index contributed by atoms with van der Waals surface area (Å²) < 4.78 is 13.3. The van der Waals surface area contributed by atoms with E-state index in [0.29, 0.717) is 0 Å². The lowest BCUT2D eigenvalue weighted by Gasteiger charge is -2.13. The summed E-state index contributed by atoms with van der Waals surface area (Å²) in [5, 5.41) is 15.6. The van der Waals surface area contributed by atoms with Crippen LogP contribution in [0.5, 0.6) is 0 Å². The zero-order chi connectivity index (χ0) is 9.19. The molecule has 62 valence electrons. The maximum atomic E-state index is 13.3. The van der Waals surface area contributed by atoms with Crippen molar-refractivity contribution in [1.29, 1.82) is 5.26 Å². The van der Waals surface area contributed by atoms with Gasteiger partial charge in [-0.25, -0.2) is 4.39 Å². The van der Waals surface area contributed by atoms with E-state index >= 15 is 0 Å². The summed E-state index contributed by atoms with van der Waals surface area (Å²) in [6.07, 6.45) is 1.37. The molecule has 0 N–H and O–H groups in total. The third-order valence-corrected chi connectivity index (χ3v) is 1.47. The number of hydrogen-bond donors (Lipinski definition) is 0. The quantitative estimate of drug-likeness (QED) is 0.634. The summed E-state index contributed by atoms with van der Waals surface area (Å²) in [6, 6.07) is 3.25. The van der Waals surface area contributed by atoms with E-state index in [1.54, 1.807) is 6.07 Å². The van der Waals surface area contributed by atoms with E-state index in [1.165, 1.54) is 26.1 Å². The summed E-state index contributed by atoms with van der Waals surface area (Å²) in [6.45, 7) is 2.76. The Labute approximate surface area is 69.9 Å². The first-order chi connectivity index (χ1) is 5.55. The molecule has 0 spiro atoms. The van der Waals surface area contributed by atoms with E-state index in [2.05, 4.69) is 10.2 Å². The summed E-state index contributed by atoms with van der Waals surface area (Å²) in [5.41, 5.74) is -1.22. The van der Waals surface area contributed by atoms with Crippen molar-refractivity contribution in [3.63, 3.8) is 0 Å². The van der Waals surface area contributed by atoms with Crippen molar-refractivity contribution in [1.82, 2.24) is 10.2 Å². The minimum absolute atomic E-state index is 0.0463. The van der Waals surface area contributed by atoms with Gasteiger partial charge >= 0.3 is 0 Å². The van der Waals surface area contributed by atoms with E-state index in [1.807, 2.05) is 0 Å². The van der Waals surface area contributed by atoms with Crippen LogP contribution in [-0.2, 0) is 5.67 Å². The average Bonchev–Trinajstić information content (AvgIpc) is 2.03. The minimum Gasteiger partial charge on any atom is -0.239 e. The second-order valence-electron chi connectivity index (χ2n) is 2.88. The van der Waals surface area contributed by atoms with Crippen LogP contribution in [0, 0.1) is 11.3 Å². The molecule has 12 heavy (non-hydrogen) atoms. The smallest absolute Gasteiger partial charge is 0.169 e. The molecule has 4 heteroatoms. The summed E-state index contributed by atoms with van der Waals surface area (Å²) in [5.74, 6) is 0. The Morgan fingerprint density at radius 1 is 1.58 bits per heavy atom. The molecular formula is C8H8FN3.